The van der Waals surface area contributed by atoms with Crippen LogP contribution in [0.4, 0.5) is 0 Å². The number of aliphatic hydroxyl groups excluding tert-OH is 1. The van der Waals surface area contributed by atoms with Gasteiger partial charge in [0.2, 0.25) is 10.0 Å². The van der Waals surface area contributed by atoms with Gasteiger partial charge < -0.3 is 14.4 Å². The molecule has 3 aromatic rings. The van der Waals surface area contributed by atoms with E-state index >= 15 is 0 Å². The third-order valence-corrected chi connectivity index (χ3v) is 5.92. The molecule has 0 amide bonds. The predicted octanol–water partition coefficient (Wildman–Crippen LogP) is 3.24. The van der Waals surface area contributed by atoms with E-state index in [1.165, 1.54) is 23.9 Å². The van der Waals surface area contributed by atoms with E-state index in [1.54, 1.807) is 19.1 Å². The third-order valence-electron chi connectivity index (χ3n) is 4.10. The van der Waals surface area contributed by atoms with E-state index in [-0.39, 0.29) is 11.5 Å². The molecule has 0 aliphatic carbocycles. The average molecular weight is 435 g/mol. The van der Waals surface area contributed by atoms with Crippen LogP contribution in [0.3, 0.4) is 0 Å². The van der Waals surface area contributed by atoms with E-state index in [9.17, 15) is 13.5 Å². The van der Waals surface area contributed by atoms with Gasteiger partial charge in [0.05, 0.1) is 22.5 Å². The number of aliphatic hydroxyl groups is 1. The first-order chi connectivity index (χ1) is 13.9. The second-order valence-corrected chi connectivity index (χ2v) is 9.27. The minimum absolute atomic E-state index is 0.0342. The molecule has 0 spiro atoms. The van der Waals surface area contributed by atoms with Crippen molar-refractivity contribution in [2.24, 2.45) is 5.14 Å². The highest BCUT2D eigenvalue weighted by atomic mass is 32.2. The van der Waals surface area contributed by atoms with Crippen molar-refractivity contribution in [1.82, 2.24) is 5.16 Å². The molecule has 154 valence electrons. The largest absolute Gasteiger partial charge is 0.383 e. The molecule has 0 saturated carbocycles. The average Bonchev–Trinajstić information content (AvgIpc) is 3.11. The van der Waals surface area contributed by atoms with Crippen LogP contribution in [0.5, 0.6) is 0 Å². The summed E-state index contributed by atoms with van der Waals surface area (Å²) < 4.78 is 34.3. The summed E-state index contributed by atoms with van der Waals surface area (Å²) in [6.45, 7) is 2.35. The van der Waals surface area contributed by atoms with Crippen molar-refractivity contribution >= 4 is 21.8 Å². The van der Waals surface area contributed by atoms with Crippen molar-refractivity contribution in [2.75, 3.05) is 12.4 Å². The number of thioether (sulfide) groups is 1. The van der Waals surface area contributed by atoms with Crippen LogP contribution in [0.15, 0.2) is 64.0 Å². The SMILES string of the molecule is CC(O)SCCOCc1onc(-c2ccccc2)c1-c1ccc(S(N)(=O)=O)cc1. The Morgan fingerprint density at radius 1 is 1.14 bits per heavy atom. The van der Waals surface area contributed by atoms with Gasteiger partial charge in [-0.15, -0.1) is 11.8 Å². The lowest BCUT2D eigenvalue weighted by atomic mass is 9.99. The molecule has 0 aliphatic rings. The number of aromatic nitrogens is 1. The van der Waals surface area contributed by atoms with E-state index in [0.717, 1.165) is 16.7 Å². The molecule has 9 heteroatoms. The normalized spacial score (nSPS) is 12.8. The first-order valence-electron chi connectivity index (χ1n) is 8.91. The second kappa shape index (κ2) is 9.55. The minimum atomic E-state index is -3.77. The number of ether oxygens (including phenoxy) is 1. The van der Waals surface area contributed by atoms with Crippen molar-refractivity contribution in [3.05, 3.63) is 60.4 Å². The summed E-state index contributed by atoms with van der Waals surface area (Å²) in [5, 5.41) is 18.7. The summed E-state index contributed by atoms with van der Waals surface area (Å²) in [4.78, 5) is 0.0342. The van der Waals surface area contributed by atoms with Crippen LogP contribution in [0, 0.1) is 0 Å². The molecular weight excluding hydrogens is 412 g/mol. The van der Waals surface area contributed by atoms with Crippen molar-refractivity contribution in [3.63, 3.8) is 0 Å². The van der Waals surface area contributed by atoms with Gasteiger partial charge in [-0.1, -0.05) is 47.6 Å². The third kappa shape index (κ3) is 5.68. The lowest BCUT2D eigenvalue weighted by molar-refractivity contribution is 0.115. The first-order valence-corrected chi connectivity index (χ1v) is 11.5. The van der Waals surface area contributed by atoms with Crippen LogP contribution < -0.4 is 5.14 Å². The second-order valence-electron chi connectivity index (χ2n) is 6.29. The number of rotatable bonds is 9. The molecule has 0 saturated heterocycles. The van der Waals surface area contributed by atoms with E-state index in [0.29, 0.717) is 23.8 Å². The lowest BCUT2D eigenvalue weighted by Crippen LogP contribution is -2.11. The molecule has 0 bridgehead atoms. The molecule has 1 unspecified atom stereocenters. The Balaban J connectivity index is 1.90. The maximum atomic E-state index is 11.5. The summed E-state index contributed by atoms with van der Waals surface area (Å²) in [5.74, 6) is 1.18. The Kier molecular flexibility index (Phi) is 7.09. The number of hydrogen-bond acceptors (Lipinski definition) is 7. The van der Waals surface area contributed by atoms with Crippen molar-refractivity contribution in [1.29, 1.82) is 0 Å². The summed E-state index contributed by atoms with van der Waals surface area (Å²) in [6, 6.07) is 15.8. The minimum Gasteiger partial charge on any atom is -0.383 e. The molecule has 1 heterocycles. The van der Waals surface area contributed by atoms with Crippen LogP contribution in [-0.4, -0.2) is 36.5 Å². The van der Waals surface area contributed by atoms with Crippen LogP contribution in [-0.2, 0) is 21.4 Å². The Morgan fingerprint density at radius 2 is 1.83 bits per heavy atom. The van der Waals surface area contributed by atoms with E-state index in [4.69, 9.17) is 14.4 Å². The maximum absolute atomic E-state index is 11.5. The first kappa shape index (κ1) is 21.5. The summed E-state index contributed by atoms with van der Waals surface area (Å²) in [6.07, 6.45) is 0. The van der Waals surface area contributed by atoms with Gasteiger partial charge in [-0.3, -0.25) is 0 Å². The molecule has 0 aliphatic heterocycles. The summed E-state index contributed by atoms with van der Waals surface area (Å²) in [7, 11) is -3.77. The Hall–Kier alpha value is -2.17. The number of hydrogen-bond donors (Lipinski definition) is 2. The predicted molar refractivity (Wildman–Crippen MR) is 113 cm³/mol. The van der Waals surface area contributed by atoms with Gasteiger partial charge in [0.15, 0.2) is 5.76 Å². The van der Waals surface area contributed by atoms with E-state index < -0.39 is 15.5 Å². The number of primary sulfonamides is 1. The number of nitrogens with zero attached hydrogens (tertiary/aromatic N) is 1. The van der Waals surface area contributed by atoms with Crippen LogP contribution >= 0.6 is 11.8 Å². The zero-order chi connectivity index (χ0) is 20.9. The fourth-order valence-corrected chi connectivity index (χ4v) is 3.84. The fraction of sp³-hybridized carbons (Fsp3) is 0.250. The van der Waals surface area contributed by atoms with Crippen LogP contribution in [0.25, 0.3) is 22.4 Å². The van der Waals surface area contributed by atoms with Gasteiger partial charge in [-0.05, 0) is 24.6 Å². The highest BCUT2D eigenvalue weighted by molar-refractivity contribution is 7.99. The number of sulfonamides is 1. The number of benzene rings is 2. The monoisotopic (exact) mass is 434 g/mol. The zero-order valence-corrected chi connectivity index (χ0v) is 17.4. The van der Waals surface area contributed by atoms with Crippen LogP contribution in [0.2, 0.25) is 0 Å². The van der Waals surface area contributed by atoms with Gasteiger partial charge >= 0.3 is 0 Å². The van der Waals surface area contributed by atoms with Crippen molar-refractivity contribution in [3.8, 4) is 22.4 Å². The molecule has 1 atom stereocenters. The molecule has 2 aromatic carbocycles. The van der Waals surface area contributed by atoms with E-state index in [2.05, 4.69) is 5.16 Å². The Labute approximate surface area is 173 Å². The Bertz CT molecular complexity index is 1030. The topological polar surface area (TPSA) is 116 Å². The smallest absolute Gasteiger partial charge is 0.238 e. The molecule has 0 fully saturated rings. The summed E-state index contributed by atoms with van der Waals surface area (Å²) >= 11 is 1.39. The van der Waals surface area contributed by atoms with Gasteiger partial charge in [0, 0.05) is 11.3 Å². The quantitative estimate of drug-likeness (QED) is 0.392. The highest BCUT2D eigenvalue weighted by Crippen LogP contribution is 2.35. The van der Waals surface area contributed by atoms with Gasteiger partial charge in [-0.25, -0.2) is 13.6 Å². The molecule has 7 nitrogen and oxygen atoms in total. The van der Waals surface area contributed by atoms with Crippen molar-refractivity contribution in [2.45, 2.75) is 23.9 Å². The molecule has 1 aromatic heterocycles. The van der Waals surface area contributed by atoms with Gasteiger partial charge in [-0.2, -0.15) is 0 Å². The van der Waals surface area contributed by atoms with Crippen LogP contribution in [0.1, 0.15) is 12.7 Å². The molecule has 0 radical (unpaired) electrons. The highest BCUT2D eigenvalue weighted by Gasteiger charge is 2.20. The molecule has 3 rings (SSSR count). The lowest BCUT2D eigenvalue weighted by Gasteiger charge is -2.08. The standard InChI is InChI=1S/C20H22N2O5S2/c1-14(23)28-12-11-26-13-18-19(15-7-9-17(10-8-15)29(21,24)25)20(22-27-18)16-5-3-2-4-6-16/h2-10,14,23H,11-13H2,1H3,(H2,21,24,25). The molecular formula is C20H22N2O5S2. The molecule has 3 N–H and O–H groups in total. The Morgan fingerprint density at radius 3 is 2.45 bits per heavy atom. The van der Waals surface area contributed by atoms with E-state index in [1.807, 2.05) is 30.3 Å². The van der Waals surface area contributed by atoms with Crippen molar-refractivity contribution < 1.29 is 22.8 Å². The zero-order valence-electron chi connectivity index (χ0n) is 15.8. The molecule has 29 heavy (non-hydrogen) atoms. The number of nitrogens with two attached hydrogens (primary N) is 1. The van der Waals surface area contributed by atoms with Gasteiger partial charge in [0.25, 0.3) is 0 Å². The van der Waals surface area contributed by atoms with Gasteiger partial charge in [0.1, 0.15) is 12.3 Å². The maximum Gasteiger partial charge on any atom is 0.238 e. The summed E-state index contributed by atoms with van der Waals surface area (Å²) in [5.41, 5.74) is 2.56. The fourth-order valence-electron chi connectivity index (χ4n) is 2.77.